The number of para-hydroxylation sites is 1. The van der Waals surface area contributed by atoms with Crippen LogP contribution in [0.25, 0.3) is 0 Å². The molecule has 9 heteroatoms. The monoisotopic (exact) mass is 504 g/mol. The summed E-state index contributed by atoms with van der Waals surface area (Å²) in [5.41, 5.74) is 1.20. The van der Waals surface area contributed by atoms with E-state index in [1.807, 2.05) is 18.2 Å². The number of rotatable bonds is 5. The molecule has 1 aliphatic carbocycles. The Labute approximate surface area is 214 Å². The highest BCUT2D eigenvalue weighted by Gasteiger charge is 2.41. The Hall–Kier alpha value is -3.59. The van der Waals surface area contributed by atoms with Crippen LogP contribution in [0.1, 0.15) is 54.4 Å². The van der Waals surface area contributed by atoms with Gasteiger partial charge in [0.25, 0.3) is 5.91 Å². The minimum Gasteiger partial charge on any atom is -0.426 e. The molecule has 2 heterocycles. The van der Waals surface area contributed by atoms with Gasteiger partial charge in [0.1, 0.15) is 11.5 Å². The zero-order valence-corrected chi connectivity index (χ0v) is 21.0. The molecular weight excluding hydrogens is 476 g/mol. The molecule has 2 aromatic carbocycles. The largest absolute Gasteiger partial charge is 0.426 e. The van der Waals surface area contributed by atoms with Crippen molar-refractivity contribution in [1.82, 2.24) is 14.3 Å². The number of hydrogen-bond donors (Lipinski definition) is 0. The SMILES string of the molecule is CC(=O)Oc1ccccc1C(=O)N1CCN(c2nc(C3(c4ccccc4)CCC(=O)CC3)ns2)CC1. The predicted molar refractivity (Wildman–Crippen MR) is 136 cm³/mol. The zero-order chi connectivity index (χ0) is 25.1. The van der Waals surface area contributed by atoms with Gasteiger partial charge in [-0.05, 0) is 30.5 Å². The minimum atomic E-state index is -0.456. The molecule has 0 atom stereocenters. The molecule has 36 heavy (non-hydrogen) atoms. The van der Waals surface area contributed by atoms with Crippen molar-refractivity contribution in [2.45, 2.75) is 38.0 Å². The number of anilines is 1. The zero-order valence-electron chi connectivity index (χ0n) is 20.2. The lowest BCUT2D eigenvalue weighted by atomic mass is 9.68. The van der Waals surface area contributed by atoms with E-state index in [2.05, 4.69) is 17.0 Å². The number of carbonyl (C=O) groups is 3. The Bertz CT molecular complexity index is 1260. The fourth-order valence-corrected chi connectivity index (χ4v) is 5.86. The molecule has 0 unspecified atom stereocenters. The number of esters is 1. The first-order chi connectivity index (χ1) is 17.5. The van der Waals surface area contributed by atoms with E-state index in [0.717, 1.165) is 29.4 Å². The summed E-state index contributed by atoms with van der Waals surface area (Å²) in [5, 5.41) is 0.838. The van der Waals surface area contributed by atoms with Crippen molar-refractivity contribution < 1.29 is 19.1 Å². The Morgan fingerprint density at radius 2 is 1.61 bits per heavy atom. The van der Waals surface area contributed by atoms with Crippen molar-refractivity contribution in [1.29, 1.82) is 0 Å². The van der Waals surface area contributed by atoms with Crippen LogP contribution < -0.4 is 9.64 Å². The lowest BCUT2D eigenvalue weighted by molar-refractivity contribution is -0.131. The average Bonchev–Trinajstić information content (AvgIpc) is 3.40. The summed E-state index contributed by atoms with van der Waals surface area (Å²) < 4.78 is 10.0. The van der Waals surface area contributed by atoms with Gasteiger partial charge in [0.15, 0.2) is 5.82 Å². The van der Waals surface area contributed by atoms with E-state index >= 15 is 0 Å². The number of nitrogens with zero attached hydrogens (tertiary/aromatic N) is 4. The van der Waals surface area contributed by atoms with Crippen molar-refractivity contribution >= 4 is 34.3 Å². The highest BCUT2D eigenvalue weighted by atomic mass is 32.1. The molecule has 8 nitrogen and oxygen atoms in total. The van der Waals surface area contributed by atoms with Crippen LogP contribution in [0, 0.1) is 0 Å². The van der Waals surface area contributed by atoms with Crippen LogP contribution in [-0.4, -0.2) is 58.1 Å². The highest BCUT2D eigenvalue weighted by Crippen LogP contribution is 2.43. The number of ketones is 1. The van der Waals surface area contributed by atoms with Crippen molar-refractivity contribution in [3.8, 4) is 5.75 Å². The Balaban J connectivity index is 1.30. The van der Waals surface area contributed by atoms with Gasteiger partial charge in [0.2, 0.25) is 5.13 Å². The van der Waals surface area contributed by atoms with E-state index in [1.165, 1.54) is 18.5 Å². The molecule has 5 rings (SSSR count). The van der Waals surface area contributed by atoms with Crippen molar-refractivity contribution in [2.24, 2.45) is 0 Å². The van der Waals surface area contributed by atoms with Crippen molar-refractivity contribution in [3.63, 3.8) is 0 Å². The third kappa shape index (κ3) is 4.75. The van der Waals surface area contributed by atoms with E-state index in [0.29, 0.717) is 50.4 Å². The van der Waals surface area contributed by atoms with Crippen LogP contribution in [0.4, 0.5) is 5.13 Å². The fraction of sp³-hybridized carbons (Fsp3) is 0.370. The summed E-state index contributed by atoms with van der Waals surface area (Å²) in [5.74, 6) is 0.758. The van der Waals surface area contributed by atoms with Gasteiger partial charge in [0, 0.05) is 57.5 Å². The molecule has 0 spiro atoms. The van der Waals surface area contributed by atoms with Gasteiger partial charge in [-0.2, -0.15) is 4.37 Å². The third-order valence-corrected chi connectivity index (χ3v) is 7.82. The molecule has 1 amide bonds. The fourth-order valence-electron chi connectivity index (χ4n) is 5.05. The second-order valence-corrected chi connectivity index (χ2v) is 9.99. The first-order valence-electron chi connectivity index (χ1n) is 12.2. The van der Waals surface area contributed by atoms with Crippen LogP contribution in [0.5, 0.6) is 5.75 Å². The predicted octanol–water partition coefficient (Wildman–Crippen LogP) is 3.86. The molecule has 0 bridgehead atoms. The smallest absolute Gasteiger partial charge is 0.308 e. The maximum absolute atomic E-state index is 13.1. The lowest BCUT2D eigenvalue weighted by Gasteiger charge is -2.36. The molecule has 1 aliphatic heterocycles. The van der Waals surface area contributed by atoms with E-state index in [1.54, 1.807) is 29.2 Å². The molecular formula is C27H28N4O4S. The second kappa shape index (κ2) is 10.2. The molecule has 2 aliphatic rings. The van der Waals surface area contributed by atoms with Crippen LogP contribution in [0.15, 0.2) is 54.6 Å². The normalized spacial score (nSPS) is 17.6. The van der Waals surface area contributed by atoms with Gasteiger partial charge in [-0.1, -0.05) is 42.5 Å². The summed E-state index contributed by atoms with van der Waals surface area (Å²) in [6.45, 7) is 3.64. The number of Topliss-reactive ketones (excluding diaryl/α,β-unsaturated/α-hetero) is 1. The number of benzene rings is 2. The van der Waals surface area contributed by atoms with E-state index < -0.39 is 5.97 Å². The van der Waals surface area contributed by atoms with Gasteiger partial charge in [-0.25, -0.2) is 4.98 Å². The van der Waals surface area contributed by atoms with Crippen LogP contribution in [-0.2, 0) is 15.0 Å². The molecule has 1 saturated carbocycles. The Morgan fingerprint density at radius 1 is 0.944 bits per heavy atom. The number of amides is 1. The highest BCUT2D eigenvalue weighted by molar-refractivity contribution is 7.09. The Morgan fingerprint density at radius 3 is 2.31 bits per heavy atom. The third-order valence-electron chi connectivity index (χ3n) is 7.04. The van der Waals surface area contributed by atoms with Gasteiger partial charge in [-0.15, -0.1) is 0 Å². The quantitative estimate of drug-likeness (QED) is 0.385. The van der Waals surface area contributed by atoms with E-state index in [9.17, 15) is 14.4 Å². The van der Waals surface area contributed by atoms with Gasteiger partial charge >= 0.3 is 5.97 Å². The first kappa shape index (κ1) is 24.1. The maximum Gasteiger partial charge on any atom is 0.308 e. The van der Waals surface area contributed by atoms with Crippen LogP contribution in [0.2, 0.25) is 0 Å². The molecule has 3 aromatic rings. The van der Waals surface area contributed by atoms with Crippen molar-refractivity contribution in [2.75, 3.05) is 31.1 Å². The Kier molecular flexibility index (Phi) is 6.82. The summed E-state index contributed by atoms with van der Waals surface area (Å²) in [7, 11) is 0. The summed E-state index contributed by atoms with van der Waals surface area (Å²) >= 11 is 1.38. The van der Waals surface area contributed by atoms with Crippen molar-refractivity contribution in [3.05, 3.63) is 71.5 Å². The molecule has 1 aromatic heterocycles. The minimum absolute atomic E-state index is 0.153. The number of carbonyl (C=O) groups excluding carboxylic acids is 3. The van der Waals surface area contributed by atoms with Crippen LogP contribution >= 0.6 is 11.5 Å². The standard InChI is InChI=1S/C27H28N4O4S/c1-19(32)35-23-10-6-5-9-22(23)24(34)30-15-17-31(18-16-30)26-28-25(29-36-26)27(13-11-21(33)12-14-27)20-7-3-2-4-8-20/h2-10H,11-18H2,1H3. The number of piperazine rings is 1. The molecule has 2 fully saturated rings. The lowest BCUT2D eigenvalue weighted by Crippen LogP contribution is -2.49. The van der Waals surface area contributed by atoms with Gasteiger partial charge in [0.05, 0.1) is 11.0 Å². The number of ether oxygens (including phenoxy) is 1. The van der Waals surface area contributed by atoms with E-state index in [-0.39, 0.29) is 17.1 Å². The molecule has 1 saturated heterocycles. The first-order valence-corrected chi connectivity index (χ1v) is 13.0. The summed E-state index contributed by atoms with van der Waals surface area (Å²) in [4.78, 5) is 45.5. The van der Waals surface area contributed by atoms with Gasteiger partial charge in [-0.3, -0.25) is 14.4 Å². The van der Waals surface area contributed by atoms with Gasteiger partial charge < -0.3 is 14.5 Å². The maximum atomic E-state index is 13.1. The summed E-state index contributed by atoms with van der Waals surface area (Å²) in [6, 6.07) is 17.1. The summed E-state index contributed by atoms with van der Waals surface area (Å²) in [6.07, 6.45) is 2.52. The number of hydrogen-bond acceptors (Lipinski definition) is 8. The van der Waals surface area contributed by atoms with E-state index in [4.69, 9.17) is 14.1 Å². The topological polar surface area (TPSA) is 92.7 Å². The number of aromatic nitrogens is 2. The average molecular weight is 505 g/mol. The second-order valence-electron chi connectivity index (χ2n) is 9.26. The van der Waals surface area contributed by atoms with Crippen LogP contribution in [0.3, 0.4) is 0 Å². The molecule has 186 valence electrons. The molecule has 0 N–H and O–H groups in total. The molecule has 0 radical (unpaired) electrons.